The molecule has 0 saturated carbocycles. The Kier molecular flexibility index (Phi) is 6.78. The van der Waals surface area contributed by atoms with Crippen LogP contribution in [-0.2, 0) is 17.3 Å². The topological polar surface area (TPSA) is 9.23 Å². The zero-order chi connectivity index (χ0) is 14.5. The van der Waals surface area contributed by atoms with Crippen molar-refractivity contribution in [1.29, 1.82) is 0 Å². The highest BCUT2D eigenvalue weighted by atomic mass is 79.9. The number of halogens is 1. The molecule has 0 heterocycles. The average molecular weight is 343 g/mol. The van der Waals surface area contributed by atoms with Gasteiger partial charge in [0.05, 0.1) is 6.10 Å². The van der Waals surface area contributed by atoms with Crippen LogP contribution in [0.1, 0.15) is 31.9 Å². The molecule has 1 aromatic carbocycles. The van der Waals surface area contributed by atoms with E-state index in [2.05, 4.69) is 74.1 Å². The fourth-order valence-corrected chi connectivity index (χ4v) is 3.67. The van der Waals surface area contributed by atoms with E-state index < -0.39 is 9.04 Å². The minimum Gasteiger partial charge on any atom is -0.417 e. The van der Waals surface area contributed by atoms with Gasteiger partial charge in [-0.2, -0.15) is 0 Å². The van der Waals surface area contributed by atoms with Crippen molar-refractivity contribution in [2.75, 3.05) is 5.33 Å². The Hall–Kier alpha value is -0.123. The van der Waals surface area contributed by atoms with Crippen molar-refractivity contribution in [1.82, 2.24) is 0 Å². The first kappa shape index (κ1) is 16.9. The maximum atomic E-state index is 6.23. The molecular weight excluding hydrogens is 316 g/mol. The third kappa shape index (κ3) is 6.24. The van der Waals surface area contributed by atoms with Crippen molar-refractivity contribution in [3.8, 4) is 0 Å². The van der Waals surface area contributed by atoms with Crippen molar-refractivity contribution >= 4 is 25.0 Å². The lowest BCUT2D eigenvalue weighted by Gasteiger charge is -2.32. The largest absolute Gasteiger partial charge is 0.417 e. The van der Waals surface area contributed by atoms with Gasteiger partial charge in [0.1, 0.15) is 0 Å². The Balaban J connectivity index is 2.73. The predicted molar refractivity (Wildman–Crippen MR) is 90.8 cm³/mol. The number of aryl methyl sites for hydroxylation is 1. The molecule has 108 valence electrons. The molecule has 0 bridgehead atoms. The lowest BCUT2D eigenvalue weighted by Crippen LogP contribution is -2.35. The second-order valence-corrected chi connectivity index (χ2v) is 9.66. The number of rotatable bonds is 6. The van der Waals surface area contributed by atoms with E-state index in [0.29, 0.717) is 6.10 Å². The SMILES string of the molecule is C[SiH](C)OC(Cc1ccc(CCBr)cc1)C(C)(C)C. The normalized spacial score (nSPS) is 13.8. The third-order valence-electron chi connectivity index (χ3n) is 3.23. The lowest BCUT2D eigenvalue weighted by molar-refractivity contribution is 0.0867. The molecule has 0 fully saturated rings. The van der Waals surface area contributed by atoms with Gasteiger partial charge in [-0.05, 0) is 42.5 Å². The molecule has 0 aromatic heterocycles. The molecule has 1 rings (SSSR count). The zero-order valence-electron chi connectivity index (χ0n) is 12.9. The molecule has 1 nitrogen and oxygen atoms in total. The van der Waals surface area contributed by atoms with Crippen LogP contribution in [0.15, 0.2) is 24.3 Å². The van der Waals surface area contributed by atoms with E-state index in [9.17, 15) is 0 Å². The van der Waals surface area contributed by atoms with Gasteiger partial charge in [-0.3, -0.25) is 0 Å². The molecule has 0 N–H and O–H groups in total. The summed E-state index contributed by atoms with van der Waals surface area (Å²) >= 11 is 3.48. The Morgan fingerprint density at radius 2 is 1.63 bits per heavy atom. The van der Waals surface area contributed by atoms with Crippen LogP contribution in [0.2, 0.25) is 13.1 Å². The minimum absolute atomic E-state index is 0.200. The molecule has 0 aliphatic rings. The minimum atomic E-state index is -0.997. The summed E-state index contributed by atoms with van der Waals surface area (Å²) in [5.74, 6) is 0. The monoisotopic (exact) mass is 342 g/mol. The highest BCUT2D eigenvalue weighted by Gasteiger charge is 2.26. The Labute approximate surface area is 128 Å². The van der Waals surface area contributed by atoms with Crippen molar-refractivity contribution < 1.29 is 4.43 Å². The number of alkyl halides is 1. The fraction of sp³-hybridized carbons (Fsp3) is 0.625. The molecule has 0 amide bonds. The van der Waals surface area contributed by atoms with Crippen LogP contribution in [0, 0.1) is 5.41 Å². The Morgan fingerprint density at radius 3 is 2.05 bits per heavy atom. The Morgan fingerprint density at radius 1 is 1.11 bits per heavy atom. The van der Waals surface area contributed by atoms with Crippen LogP contribution in [0.4, 0.5) is 0 Å². The summed E-state index contributed by atoms with van der Waals surface area (Å²) in [6.07, 6.45) is 2.43. The molecule has 3 heteroatoms. The first-order chi connectivity index (χ1) is 8.82. The van der Waals surface area contributed by atoms with Gasteiger partial charge in [-0.25, -0.2) is 0 Å². The quantitative estimate of drug-likeness (QED) is 0.543. The number of hydrogen-bond donors (Lipinski definition) is 0. The van der Waals surface area contributed by atoms with E-state index in [4.69, 9.17) is 4.43 Å². The zero-order valence-corrected chi connectivity index (χ0v) is 15.6. The van der Waals surface area contributed by atoms with Crippen LogP contribution in [0.5, 0.6) is 0 Å². The maximum absolute atomic E-state index is 6.23. The summed E-state index contributed by atoms with van der Waals surface area (Å²) in [7, 11) is -0.997. The van der Waals surface area contributed by atoms with Crippen LogP contribution < -0.4 is 0 Å². The highest BCUT2D eigenvalue weighted by molar-refractivity contribution is 9.09. The molecule has 1 atom stereocenters. The Bertz CT molecular complexity index is 367. The fourth-order valence-electron chi connectivity index (χ4n) is 2.05. The second kappa shape index (κ2) is 7.60. The van der Waals surface area contributed by atoms with E-state index in [1.165, 1.54) is 11.1 Å². The summed E-state index contributed by atoms with van der Waals surface area (Å²) < 4.78 is 6.23. The van der Waals surface area contributed by atoms with Gasteiger partial charge in [-0.15, -0.1) is 0 Å². The third-order valence-corrected chi connectivity index (χ3v) is 4.50. The highest BCUT2D eigenvalue weighted by Crippen LogP contribution is 2.26. The molecule has 1 aromatic rings. The molecule has 0 aliphatic heterocycles. The van der Waals surface area contributed by atoms with Gasteiger partial charge in [0.2, 0.25) is 0 Å². The first-order valence-corrected chi connectivity index (χ1v) is 11.0. The molecule has 0 radical (unpaired) electrons. The van der Waals surface area contributed by atoms with Crippen LogP contribution in [0.3, 0.4) is 0 Å². The van der Waals surface area contributed by atoms with Gasteiger partial charge in [0.15, 0.2) is 9.04 Å². The smallest absolute Gasteiger partial charge is 0.171 e. The standard InChI is InChI=1S/C16H27BrOSi/c1-16(2,3)15(18-19(4)5)12-14-8-6-13(7-9-14)10-11-17/h6-9,15,19H,10-12H2,1-5H3. The summed E-state index contributed by atoms with van der Waals surface area (Å²) in [5.41, 5.74) is 2.98. The molecule has 0 saturated heterocycles. The molecule has 1 unspecified atom stereocenters. The van der Waals surface area contributed by atoms with E-state index in [1.54, 1.807) is 0 Å². The maximum Gasteiger partial charge on any atom is 0.171 e. The van der Waals surface area contributed by atoms with Gasteiger partial charge in [-0.1, -0.05) is 61.0 Å². The van der Waals surface area contributed by atoms with E-state index in [0.717, 1.165) is 18.2 Å². The summed E-state index contributed by atoms with van der Waals surface area (Å²) in [6, 6.07) is 8.98. The van der Waals surface area contributed by atoms with Crippen molar-refractivity contribution in [3.05, 3.63) is 35.4 Å². The summed E-state index contributed by atoms with van der Waals surface area (Å²) in [4.78, 5) is 0. The van der Waals surface area contributed by atoms with Crippen LogP contribution in [0.25, 0.3) is 0 Å². The summed E-state index contributed by atoms with van der Waals surface area (Å²) in [6.45, 7) is 11.3. The number of benzene rings is 1. The number of hydrogen-bond acceptors (Lipinski definition) is 1. The van der Waals surface area contributed by atoms with E-state index >= 15 is 0 Å². The first-order valence-electron chi connectivity index (χ1n) is 7.12. The lowest BCUT2D eigenvalue weighted by atomic mass is 9.85. The van der Waals surface area contributed by atoms with Crippen molar-refractivity contribution in [3.63, 3.8) is 0 Å². The summed E-state index contributed by atoms with van der Waals surface area (Å²) in [5, 5.41) is 1.03. The average Bonchev–Trinajstić information content (AvgIpc) is 2.29. The van der Waals surface area contributed by atoms with Crippen molar-refractivity contribution in [2.24, 2.45) is 5.41 Å². The second-order valence-electron chi connectivity index (χ2n) is 6.50. The van der Waals surface area contributed by atoms with Gasteiger partial charge < -0.3 is 4.43 Å². The predicted octanol–water partition coefficient (Wildman–Crippen LogP) is 4.58. The molecule has 0 spiro atoms. The molecule has 19 heavy (non-hydrogen) atoms. The van der Waals surface area contributed by atoms with E-state index in [1.807, 2.05) is 0 Å². The van der Waals surface area contributed by atoms with Gasteiger partial charge >= 0.3 is 0 Å². The van der Waals surface area contributed by atoms with Gasteiger partial charge in [0, 0.05) is 5.33 Å². The van der Waals surface area contributed by atoms with Crippen LogP contribution >= 0.6 is 15.9 Å². The molecular formula is C16H27BrOSi. The van der Waals surface area contributed by atoms with Gasteiger partial charge in [0.25, 0.3) is 0 Å². The molecule has 0 aliphatic carbocycles. The van der Waals surface area contributed by atoms with E-state index in [-0.39, 0.29) is 5.41 Å². The van der Waals surface area contributed by atoms with Crippen molar-refractivity contribution in [2.45, 2.75) is 52.8 Å². The van der Waals surface area contributed by atoms with Crippen LogP contribution in [-0.4, -0.2) is 20.5 Å².